The number of allylic oxidation sites excluding steroid dienone is 2. The molecule has 80 valence electrons. The van der Waals surface area contributed by atoms with Crippen LogP contribution >= 0.6 is 0 Å². The maximum Gasteiger partial charge on any atom is 0.0490 e. The fourth-order valence-electron chi connectivity index (χ4n) is 2.65. The summed E-state index contributed by atoms with van der Waals surface area (Å²) in [4.78, 5) is 0. The van der Waals surface area contributed by atoms with Gasteiger partial charge in [-0.05, 0) is 37.2 Å². The first-order chi connectivity index (χ1) is 7.21. The van der Waals surface area contributed by atoms with Gasteiger partial charge in [-0.3, -0.25) is 5.10 Å². The molecule has 1 saturated carbocycles. The fourth-order valence-corrected chi connectivity index (χ4v) is 2.65. The second kappa shape index (κ2) is 2.97. The van der Waals surface area contributed by atoms with Crippen LogP contribution in [0.5, 0.6) is 0 Å². The second-order valence-corrected chi connectivity index (χ2v) is 5.39. The molecule has 2 aliphatic rings. The number of rotatable bonds is 4. The minimum absolute atomic E-state index is 0.620. The van der Waals surface area contributed by atoms with E-state index in [2.05, 4.69) is 36.2 Å². The van der Waals surface area contributed by atoms with Crippen LogP contribution < -0.4 is 0 Å². The van der Waals surface area contributed by atoms with Crippen LogP contribution in [0.25, 0.3) is 0 Å². The van der Waals surface area contributed by atoms with Crippen molar-refractivity contribution >= 4 is 0 Å². The summed E-state index contributed by atoms with van der Waals surface area (Å²) in [6, 6.07) is 2.10. The molecule has 0 amide bonds. The van der Waals surface area contributed by atoms with Gasteiger partial charge >= 0.3 is 0 Å². The number of hydrogen-bond acceptors (Lipinski definition) is 1. The molecule has 2 aliphatic carbocycles. The molecule has 1 unspecified atom stereocenters. The van der Waals surface area contributed by atoms with Crippen LogP contribution in [0.3, 0.4) is 0 Å². The SMILES string of the molecule is CC(C)C(Cc1ccn[nH]1)C1=CC12CC2. The zero-order valence-electron chi connectivity index (χ0n) is 9.46. The Kier molecular flexibility index (Phi) is 1.82. The summed E-state index contributed by atoms with van der Waals surface area (Å²) in [7, 11) is 0. The largest absolute Gasteiger partial charge is 0.283 e. The van der Waals surface area contributed by atoms with Crippen LogP contribution in [-0.2, 0) is 6.42 Å². The van der Waals surface area contributed by atoms with Gasteiger partial charge in [0, 0.05) is 17.3 Å². The van der Waals surface area contributed by atoms with Gasteiger partial charge in [0.2, 0.25) is 0 Å². The molecule has 0 radical (unpaired) electrons. The highest BCUT2D eigenvalue weighted by Gasteiger charge is 2.56. The maximum atomic E-state index is 4.02. The van der Waals surface area contributed by atoms with Crippen molar-refractivity contribution in [1.82, 2.24) is 10.2 Å². The monoisotopic (exact) mass is 202 g/mol. The normalized spacial score (nSPS) is 23.0. The molecule has 1 heterocycles. The summed E-state index contributed by atoms with van der Waals surface area (Å²) in [5, 5.41) is 7.10. The van der Waals surface area contributed by atoms with E-state index in [9.17, 15) is 0 Å². The highest BCUT2D eigenvalue weighted by atomic mass is 15.1. The third-order valence-electron chi connectivity index (χ3n) is 3.91. The molecule has 0 bridgehead atoms. The van der Waals surface area contributed by atoms with Crippen LogP contribution in [0.4, 0.5) is 0 Å². The molecular weight excluding hydrogens is 184 g/mol. The molecule has 1 aromatic rings. The van der Waals surface area contributed by atoms with E-state index >= 15 is 0 Å². The lowest BCUT2D eigenvalue weighted by molar-refractivity contribution is 0.432. The topological polar surface area (TPSA) is 28.7 Å². The van der Waals surface area contributed by atoms with Crippen LogP contribution in [0.1, 0.15) is 32.4 Å². The Balaban J connectivity index is 1.72. The predicted molar refractivity (Wildman–Crippen MR) is 60.4 cm³/mol. The first-order valence-corrected chi connectivity index (χ1v) is 5.93. The molecule has 3 rings (SSSR count). The van der Waals surface area contributed by atoms with Crippen LogP contribution in [0, 0.1) is 17.3 Å². The van der Waals surface area contributed by atoms with E-state index in [1.165, 1.54) is 18.5 Å². The van der Waals surface area contributed by atoms with Crippen molar-refractivity contribution in [2.24, 2.45) is 17.3 Å². The molecule has 1 aromatic heterocycles. The molecule has 2 heteroatoms. The lowest BCUT2D eigenvalue weighted by atomic mass is 9.86. The number of nitrogens with one attached hydrogen (secondary N) is 1. The van der Waals surface area contributed by atoms with Crippen molar-refractivity contribution in [3.63, 3.8) is 0 Å². The Hall–Kier alpha value is -1.05. The van der Waals surface area contributed by atoms with Gasteiger partial charge in [-0.1, -0.05) is 25.5 Å². The van der Waals surface area contributed by atoms with Gasteiger partial charge in [0.25, 0.3) is 0 Å². The number of aromatic amines is 1. The average molecular weight is 202 g/mol. The van der Waals surface area contributed by atoms with E-state index in [1.54, 1.807) is 5.57 Å². The van der Waals surface area contributed by atoms with E-state index < -0.39 is 0 Å². The summed E-state index contributed by atoms with van der Waals surface area (Å²) >= 11 is 0. The molecule has 15 heavy (non-hydrogen) atoms. The highest BCUT2D eigenvalue weighted by molar-refractivity contribution is 5.47. The molecule has 1 N–H and O–H groups in total. The van der Waals surface area contributed by atoms with Crippen molar-refractivity contribution in [2.45, 2.75) is 33.1 Å². The zero-order valence-corrected chi connectivity index (χ0v) is 9.46. The summed E-state index contributed by atoms with van der Waals surface area (Å²) in [6.07, 6.45) is 8.31. The number of nitrogens with zero attached hydrogens (tertiary/aromatic N) is 1. The van der Waals surface area contributed by atoms with E-state index in [-0.39, 0.29) is 0 Å². The van der Waals surface area contributed by atoms with Crippen molar-refractivity contribution < 1.29 is 0 Å². The standard InChI is InChI=1S/C13H18N2/c1-9(2)11(7-10-3-6-14-15-10)12-8-13(12)4-5-13/h3,6,8-9,11H,4-5,7H2,1-2H3,(H,14,15). The van der Waals surface area contributed by atoms with Crippen molar-refractivity contribution in [3.8, 4) is 0 Å². The quantitative estimate of drug-likeness (QED) is 0.747. The second-order valence-electron chi connectivity index (χ2n) is 5.39. The van der Waals surface area contributed by atoms with Crippen LogP contribution in [0.15, 0.2) is 23.9 Å². The fraction of sp³-hybridized carbons (Fsp3) is 0.615. The van der Waals surface area contributed by atoms with Crippen LogP contribution in [-0.4, -0.2) is 10.2 Å². The van der Waals surface area contributed by atoms with Gasteiger partial charge in [0.15, 0.2) is 0 Å². The van der Waals surface area contributed by atoms with Crippen molar-refractivity contribution in [3.05, 3.63) is 29.6 Å². The predicted octanol–water partition coefficient (Wildman–Crippen LogP) is 2.94. The first kappa shape index (κ1) is 9.20. The Morgan fingerprint density at radius 3 is 2.73 bits per heavy atom. The molecular formula is C13H18N2. The summed E-state index contributed by atoms with van der Waals surface area (Å²) in [5.74, 6) is 1.47. The number of hydrogen-bond donors (Lipinski definition) is 1. The molecule has 1 atom stereocenters. The molecule has 1 spiro atoms. The third-order valence-corrected chi connectivity index (χ3v) is 3.91. The van der Waals surface area contributed by atoms with Crippen molar-refractivity contribution in [1.29, 1.82) is 0 Å². The first-order valence-electron chi connectivity index (χ1n) is 5.93. The smallest absolute Gasteiger partial charge is 0.0490 e. The van der Waals surface area contributed by atoms with E-state index in [1.807, 2.05) is 6.20 Å². The Morgan fingerprint density at radius 2 is 2.27 bits per heavy atom. The Labute approximate surface area is 90.8 Å². The zero-order chi connectivity index (χ0) is 10.5. The molecule has 0 aliphatic heterocycles. The van der Waals surface area contributed by atoms with Crippen molar-refractivity contribution in [2.75, 3.05) is 0 Å². The van der Waals surface area contributed by atoms with Gasteiger partial charge in [-0.15, -0.1) is 0 Å². The summed E-state index contributed by atoms with van der Waals surface area (Å²) < 4.78 is 0. The molecule has 2 nitrogen and oxygen atoms in total. The minimum Gasteiger partial charge on any atom is -0.283 e. The van der Waals surface area contributed by atoms with E-state index in [0.29, 0.717) is 5.41 Å². The van der Waals surface area contributed by atoms with E-state index in [4.69, 9.17) is 0 Å². The molecule has 0 saturated heterocycles. The van der Waals surface area contributed by atoms with Gasteiger partial charge in [0.05, 0.1) is 0 Å². The minimum atomic E-state index is 0.620. The number of H-pyrrole nitrogens is 1. The lowest BCUT2D eigenvalue weighted by Gasteiger charge is -2.18. The number of aromatic nitrogens is 2. The molecule has 0 aromatic carbocycles. The van der Waals surface area contributed by atoms with Gasteiger partial charge < -0.3 is 0 Å². The summed E-state index contributed by atoms with van der Waals surface area (Å²) in [5.41, 5.74) is 3.62. The highest BCUT2D eigenvalue weighted by Crippen LogP contribution is 2.67. The lowest BCUT2D eigenvalue weighted by Crippen LogP contribution is -2.13. The Morgan fingerprint density at radius 1 is 1.47 bits per heavy atom. The maximum absolute atomic E-state index is 4.02. The third kappa shape index (κ3) is 1.52. The van der Waals surface area contributed by atoms with Gasteiger partial charge in [-0.2, -0.15) is 5.10 Å². The Bertz CT molecular complexity index is 383. The van der Waals surface area contributed by atoms with Gasteiger partial charge in [0.1, 0.15) is 0 Å². The molecule has 1 fully saturated rings. The summed E-state index contributed by atoms with van der Waals surface area (Å²) in [6.45, 7) is 4.66. The van der Waals surface area contributed by atoms with Gasteiger partial charge in [-0.25, -0.2) is 0 Å². The van der Waals surface area contributed by atoms with Crippen LogP contribution in [0.2, 0.25) is 0 Å². The average Bonchev–Trinajstić information content (AvgIpc) is 3.07. The van der Waals surface area contributed by atoms with E-state index in [0.717, 1.165) is 18.3 Å².